The largest absolute Gasteiger partial charge is 0.320 e. The first-order valence-corrected chi connectivity index (χ1v) is 19.1. The molecule has 0 amide bonds. The van der Waals surface area contributed by atoms with Gasteiger partial charge in [-0.15, -0.1) is 0 Å². The van der Waals surface area contributed by atoms with Gasteiger partial charge in [-0.05, 0) is 54.5 Å². The van der Waals surface area contributed by atoms with Gasteiger partial charge in [0.05, 0.1) is 41.3 Å². The summed E-state index contributed by atoms with van der Waals surface area (Å²) in [6.07, 6.45) is 32.4. The molecular weight excluding hydrogens is 596 g/mol. The molecule has 0 aliphatic heterocycles. The summed E-state index contributed by atoms with van der Waals surface area (Å²) in [5, 5.41) is 1.13. The van der Waals surface area contributed by atoms with E-state index in [-0.39, 0.29) is 0 Å². The highest BCUT2D eigenvalue weighted by Gasteiger charge is 2.42. The van der Waals surface area contributed by atoms with Gasteiger partial charge in [0.15, 0.2) is 11.0 Å². The molecule has 0 heterocycles. The van der Waals surface area contributed by atoms with E-state index in [1.807, 2.05) is 0 Å². The number of hydrogen-bond donors (Lipinski definition) is 0. The van der Waals surface area contributed by atoms with Crippen LogP contribution in [0.4, 0.5) is 0 Å². The Balaban J connectivity index is 4.49. The molecule has 230 valence electrons. The van der Waals surface area contributed by atoms with E-state index < -0.39 is 0 Å². The SMILES string of the molecule is CCCCCCCCCCCC[N+](C)(C)C(Br)C(CCCCBr)[N+](C)(C)CCCCCCCCCCCC. The molecule has 0 radical (unpaired) electrons. The van der Waals surface area contributed by atoms with Gasteiger partial charge >= 0.3 is 0 Å². The van der Waals surface area contributed by atoms with Crippen LogP contribution in [0.25, 0.3) is 0 Å². The van der Waals surface area contributed by atoms with Crippen LogP contribution in [0.3, 0.4) is 0 Å². The summed E-state index contributed by atoms with van der Waals surface area (Å²) in [6, 6.07) is 0.672. The molecule has 0 aliphatic carbocycles. The first-order chi connectivity index (χ1) is 18.2. The van der Waals surface area contributed by atoms with Crippen molar-refractivity contribution in [3.05, 3.63) is 0 Å². The van der Waals surface area contributed by atoms with Gasteiger partial charge in [0.1, 0.15) is 0 Å². The van der Waals surface area contributed by atoms with Gasteiger partial charge in [0, 0.05) is 11.8 Å². The minimum absolute atomic E-state index is 0.523. The number of alkyl halides is 2. The number of halogens is 2. The third kappa shape index (κ3) is 20.7. The van der Waals surface area contributed by atoms with Crippen LogP contribution < -0.4 is 0 Å². The first-order valence-electron chi connectivity index (χ1n) is 17.1. The summed E-state index contributed by atoms with van der Waals surface area (Å²) in [5.74, 6) is 0. The van der Waals surface area contributed by atoms with Crippen molar-refractivity contribution in [3.63, 3.8) is 0 Å². The van der Waals surface area contributed by atoms with Gasteiger partial charge in [-0.2, -0.15) is 0 Å². The maximum Gasteiger partial charge on any atom is 0.196 e. The molecule has 0 saturated heterocycles. The molecule has 0 aromatic carbocycles. The van der Waals surface area contributed by atoms with Crippen molar-refractivity contribution in [3.8, 4) is 0 Å². The lowest BCUT2D eigenvalue weighted by Crippen LogP contribution is -2.62. The molecular formula is C34H72Br2N2+2. The summed E-state index contributed by atoms with van der Waals surface area (Å²) in [7, 11) is 9.99. The number of unbranched alkanes of at least 4 members (excludes halogenated alkanes) is 19. The van der Waals surface area contributed by atoms with Crippen molar-refractivity contribution in [2.45, 2.75) is 173 Å². The quantitative estimate of drug-likeness (QED) is 0.0322. The third-order valence-corrected chi connectivity index (χ3v) is 11.2. The highest BCUT2D eigenvalue weighted by atomic mass is 79.9. The summed E-state index contributed by atoms with van der Waals surface area (Å²) in [4.78, 5) is 0.523. The predicted molar refractivity (Wildman–Crippen MR) is 182 cm³/mol. The maximum atomic E-state index is 4.29. The molecule has 2 nitrogen and oxygen atoms in total. The lowest BCUT2D eigenvalue weighted by atomic mass is 10.0. The summed E-state index contributed by atoms with van der Waals surface area (Å²) in [6.45, 7) is 7.22. The van der Waals surface area contributed by atoms with Crippen LogP contribution in [0.1, 0.15) is 162 Å². The van der Waals surface area contributed by atoms with Crippen LogP contribution in [0, 0.1) is 0 Å². The standard InChI is InChI=1S/C34H72Br2N2/c1-7-9-11-13-15-17-19-21-23-27-31-37(3,4)33(29-25-26-30-35)34(36)38(5,6)32-28-24-22-20-18-16-14-12-10-8-2/h33-34H,7-32H2,1-6H3/q+2. The summed E-state index contributed by atoms with van der Waals surface area (Å²) < 4.78 is 2.27. The van der Waals surface area contributed by atoms with Crippen molar-refractivity contribution in [2.75, 3.05) is 46.6 Å². The fourth-order valence-corrected chi connectivity index (χ4v) is 7.54. The number of rotatable bonds is 29. The van der Waals surface area contributed by atoms with E-state index in [1.165, 1.54) is 161 Å². The molecule has 2 unspecified atom stereocenters. The monoisotopic (exact) mass is 666 g/mol. The molecule has 0 bridgehead atoms. The van der Waals surface area contributed by atoms with E-state index in [0.29, 0.717) is 11.0 Å². The Morgan fingerprint density at radius 3 is 1.16 bits per heavy atom. The average Bonchev–Trinajstić information content (AvgIpc) is 2.88. The lowest BCUT2D eigenvalue weighted by Gasteiger charge is -2.46. The van der Waals surface area contributed by atoms with Crippen LogP contribution in [0.2, 0.25) is 0 Å². The van der Waals surface area contributed by atoms with Crippen LogP contribution >= 0.6 is 31.9 Å². The van der Waals surface area contributed by atoms with E-state index in [9.17, 15) is 0 Å². The molecule has 0 fully saturated rings. The van der Waals surface area contributed by atoms with Crippen molar-refractivity contribution < 1.29 is 8.97 Å². The second-order valence-corrected chi connectivity index (χ2v) is 15.2. The topological polar surface area (TPSA) is 0 Å². The summed E-state index contributed by atoms with van der Waals surface area (Å²) in [5.41, 5.74) is 0. The van der Waals surface area contributed by atoms with Crippen LogP contribution in [-0.2, 0) is 0 Å². The average molecular weight is 669 g/mol. The third-order valence-electron chi connectivity index (χ3n) is 8.94. The molecule has 2 atom stereocenters. The predicted octanol–water partition coefficient (Wildman–Crippen LogP) is 11.6. The molecule has 0 N–H and O–H groups in total. The van der Waals surface area contributed by atoms with Crippen molar-refractivity contribution in [1.29, 1.82) is 0 Å². The zero-order valence-corrected chi connectivity index (χ0v) is 30.4. The van der Waals surface area contributed by atoms with E-state index in [1.54, 1.807) is 0 Å². The Bertz CT molecular complexity index is 495. The number of likely N-dealkylation sites (N-methyl/N-ethyl adjacent to an activating group) is 2. The van der Waals surface area contributed by atoms with Gasteiger partial charge in [0.2, 0.25) is 0 Å². The van der Waals surface area contributed by atoms with Crippen molar-refractivity contribution >= 4 is 31.9 Å². The Kier molecular flexibility index (Phi) is 26.2. The van der Waals surface area contributed by atoms with Gasteiger partial charge in [-0.1, -0.05) is 133 Å². The highest BCUT2D eigenvalue weighted by Crippen LogP contribution is 2.30. The van der Waals surface area contributed by atoms with Gasteiger partial charge < -0.3 is 8.97 Å². The maximum absolute atomic E-state index is 4.29. The fraction of sp³-hybridized carbons (Fsp3) is 1.00. The molecule has 0 rings (SSSR count). The Hall–Kier alpha value is 0.880. The van der Waals surface area contributed by atoms with Crippen LogP contribution in [0.15, 0.2) is 0 Å². The number of hydrogen-bond acceptors (Lipinski definition) is 0. The summed E-state index contributed by atoms with van der Waals surface area (Å²) >= 11 is 7.96. The highest BCUT2D eigenvalue weighted by molar-refractivity contribution is 9.09. The molecule has 0 aromatic heterocycles. The van der Waals surface area contributed by atoms with Crippen molar-refractivity contribution in [2.24, 2.45) is 0 Å². The van der Waals surface area contributed by atoms with Crippen molar-refractivity contribution in [1.82, 2.24) is 0 Å². The fourth-order valence-electron chi connectivity index (χ4n) is 6.04. The molecule has 4 heteroatoms. The minimum atomic E-state index is 0.523. The van der Waals surface area contributed by atoms with E-state index in [2.05, 4.69) is 73.9 Å². The lowest BCUT2D eigenvalue weighted by molar-refractivity contribution is -0.971. The normalized spacial score (nSPS) is 14.2. The molecule has 0 aromatic rings. The number of quaternary nitrogens is 2. The molecule has 38 heavy (non-hydrogen) atoms. The van der Waals surface area contributed by atoms with Gasteiger partial charge in [-0.3, -0.25) is 0 Å². The van der Waals surface area contributed by atoms with Gasteiger partial charge in [0.25, 0.3) is 0 Å². The Morgan fingerprint density at radius 1 is 0.447 bits per heavy atom. The van der Waals surface area contributed by atoms with E-state index in [0.717, 1.165) is 14.3 Å². The second kappa shape index (κ2) is 25.6. The Labute approximate surface area is 258 Å². The minimum Gasteiger partial charge on any atom is -0.320 e. The van der Waals surface area contributed by atoms with E-state index in [4.69, 9.17) is 0 Å². The first kappa shape index (κ1) is 38.9. The second-order valence-electron chi connectivity index (χ2n) is 13.5. The van der Waals surface area contributed by atoms with E-state index >= 15 is 0 Å². The Morgan fingerprint density at radius 2 is 0.789 bits per heavy atom. The molecule has 0 aliphatic rings. The molecule has 0 saturated carbocycles. The van der Waals surface area contributed by atoms with Crippen LogP contribution in [-0.4, -0.2) is 66.6 Å². The van der Waals surface area contributed by atoms with Gasteiger partial charge in [-0.25, -0.2) is 0 Å². The molecule has 0 spiro atoms. The van der Waals surface area contributed by atoms with Crippen LogP contribution in [0.5, 0.6) is 0 Å². The number of nitrogens with zero attached hydrogens (tertiary/aromatic N) is 2. The zero-order chi connectivity index (χ0) is 28.5. The smallest absolute Gasteiger partial charge is 0.196 e. The zero-order valence-electron chi connectivity index (χ0n) is 27.2.